The number of rotatable bonds is 4. The smallest absolute Gasteiger partial charge is 0.311 e. The lowest BCUT2D eigenvalue weighted by Gasteiger charge is -2.29. The number of carbonyl (C=O) groups excluding carboxylic acids is 1. The van der Waals surface area contributed by atoms with E-state index in [1.165, 1.54) is 19.2 Å². The predicted octanol–water partition coefficient (Wildman–Crippen LogP) is 3.58. The number of alkyl halides is 1. The van der Waals surface area contributed by atoms with Crippen molar-refractivity contribution in [1.82, 2.24) is 0 Å². The molecule has 1 aromatic carbocycles. The van der Waals surface area contributed by atoms with Crippen LogP contribution < -0.4 is 0 Å². The average Bonchev–Trinajstić information content (AvgIpc) is 2.91. The Bertz CT molecular complexity index is 538. The Kier molecular flexibility index (Phi) is 5.19. The van der Waals surface area contributed by atoms with Crippen molar-refractivity contribution in [2.24, 2.45) is 5.92 Å². The maximum Gasteiger partial charge on any atom is 0.311 e. The van der Waals surface area contributed by atoms with Crippen LogP contribution in [0.1, 0.15) is 25.3 Å². The third-order valence-corrected chi connectivity index (χ3v) is 5.21. The SMILES string of the molecule is COC(=O)C(C)C1CC[C@](CI)(c2ccc(F)cc2F)O1. The lowest BCUT2D eigenvalue weighted by molar-refractivity contribution is -0.152. The highest BCUT2D eigenvalue weighted by molar-refractivity contribution is 14.1. The highest BCUT2D eigenvalue weighted by atomic mass is 127. The van der Waals surface area contributed by atoms with Gasteiger partial charge in [0.15, 0.2) is 0 Å². The van der Waals surface area contributed by atoms with Crippen LogP contribution in [-0.4, -0.2) is 23.6 Å². The maximum absolute atomic E-state index is 14.1. The summed E-state index contributed by atoms with van der Waals surface area (Å²) >= 11 is 2.13. The monoisotopic (exact) mass is 410 g/mol. The Morgan fingerprint density at radius 1 is 1.57 bits per heavy atom. The number of esters is 1. The first-order chi connectivity index (χ1) is 9.93. The predicted molar refractivity (Wildman–Crippen MR) is 82.2 cm³/mol. The summed E-state index contributed by atoms with van der Waals surface area (Å²) in [7, 11) is 1.33. The van der Waals surface area contributed by atoms with Crippen LogP contribution in [0.4, 0.5) is 8.78 Å². The standard InChI is InChI=1S/C15H17F2IO3/c1-9(14(19)20-2)13-5-6-15(8-18,21-13)11-4-3-10(16)7-12(11)17/h3-4,7,9,13H,5-6,8H2,1-2H3/t9?,13?,15-/m0/s1. The number of halogens is 3. The molecular weight excluding hydrogens is 393 g/mol. The summed E-state index contributed by atoms with van der Waals surface area (Å²) in [6.07, 6.45) is 0.900. The van der Waals surface area contributed by atoms with E-state index in [1.807, 2.05) is 0 Å². The second-order valence-electron chi connectivity index (χ2n) is 5.26. The van der Waals surface area contributed by atoms with E-state index in [1.54, 1.807) is 6.92 Å². The third-order valence-electron chi connectivity index (χ3n) is 3.98. The molecule has 6 heteroatoms. The second kappa shape index (κ2) is 6.56. The zero-order valence-electron chi connectivity index (χ0n) is 11.9. The minimum atomic E-state index is -0.814. The summed E-state index contributed by atoms with van der Waals surface area (Å²) in [6.45, 7) is 1.74. The minimum absolute atomic E-state index is 0.323. The molecule has 0 N–H and O–H groups in total. The molecular formula is C15H17F2IO3. The van der Waals surface area contributed by atoms with Gasteiger partial charge in [-0.05, 0) is 25.8 Å². The molecule has 0 aromatic heterocycles. The fourth-order valence-corrected chi connectivity index (χ4v) is 3.67. The summed E-state index contributed by atoms with van der Waals surface area (Å²) < 4.78 is 38.4. The Balaban J connectivity index is 2.26. The first kappa shape index (κ1) is 16.6. The number of ether oxygens (including phenoxy) is 2. The van der Waals surface area contributed by atoms with Crippen LogP contribution in [0.5, 0.6) is 0 Å². The highest BCUT2D eigenvalue weighted by Crippen LogP contribution is 2.44. The Morgan fingerprint density at radius 3 is 2.86 bits per heavy atom. The van der Waals surface area contributed by atoms with Crippen LogP contribution in [-0.2, 0) is 19.9 Å². The van der Waals surface area contributed by atoms with Crippen LogP contribution in [0, 0.1) is 17.6 Å². The Morgan fingerprint density at radius 2 is 2.29 bits per heavy atom. The van der Waals surface area contributed by atoms with Gasteiger partial charge in [0, 0.05) is 16.1 Å². The zero-order chi connectivity index (χ0) is 15.6. The fourth-order valence-electron chi connectivity index (χ4n) is 2.70. The Hall–Kier alpha value is -0.760. The number of hydrogen-bond donors (Lipinski definition) is 0. The molecule has 0 amide bonds. The first-order valence-corrected chi connectivity index (χ1v) is 8.23. The summed E-state index contributed by atoms with van der Waals surface area (Å²) in [5.41, 5.74) is -0.469. The van der Waals surface area contributed by atoms with Crippen molar-refractivity contribution in [2.45, 2.75) is 31.5 Å². The zero-order valence-corrected chi connectivity index (χ0v) is 14.0. The van der Waals surface area contributed by atoms with Crippen LogP contribution in [0.3, 0.4) is 0 Å². The molecule has 1 saturated heterocycles. The lowest BCUT2D eigenvalue weighted by Crippen LogP contribution is -2.33. The largest absolute Gasteiger partial charge is 0.469 e. The van der Waals surface area contributed by atoms with Crippen molar-refractivity contribution in [3.8, 4) is 0 Å². The van der Waals surface area contributed by atoms with Gasteiger partial charge < -0.3 is 9.47 Å². The molecule has 0 bridgehead atoms. The molecule has 0 radical (unpaired) electrons. The van der Waals surface area contributed by atoms with Crippen molar-refractivity contribution in [3.05, 3.63) is 35.4 Å². The molecule has 1 heterocycles. The van der Waals surface area contributed by atoms with Crippen LogP contribution in [0.25, 0.3) is 0 Å². The molecule has 3 atom stereocenters. The summed E-state index contributed by atoms with van der Waals surface area (Å²) in [5.74, 6) is -1.98. The molecule has 2 rings (SSSR count). The van der Waals surface area contributed by atoms with Gasteiger partial charge in [-0.15, -0.1) is 0 Å². The quantitative estimate of drug-likeness (QED) is 0.433. The van der Waals surface area contributed by atoms with Gasteiger partial charge in [-0.3, -0.25) is 4.79 Å². The van der Waals surface area contributed by atoms with Gasteiger partial charge in [0.25, 0.3) is 0 Å². The van der Waals surface area contributed by atoms with Gasteiger partial charge in [-0.25, -0.2) is 8.78 Å². The molecule has 0 aliphatic carbocycles. The van der Waals surface area contributed by atoms with Crippen molar-refractivity contribution < 1.29 is 23.0 Å². The molecule has 0 saturated carbocycles. The molecule has 1 aliphatic rings. The van der Waals surface area contributed by atoms with E-state index < -0.39 is 23.2 Å². The van der Waals surface area contributed by atoms with Crippen molar-refractivity contribution in [1.29, 1.82) is 0 Å². The summed E-state index contributed by atoms with van der Waals surface area (Å²) in [6, 6.07) is 3.52. The fraction of sp³-hybridized carbons (Fsp3) is 0.533. The van der Waals surface area contributed by atoms with Crippen molar-refractivity contribution >= 4 is 28.6 Å². The average molecular weight is 410 g/mol. The summed E-state index contributed by atoms with van der Waals surface area (Å²) in [5, 5.41) is 0. The number of methoxy groups -OCH3 is 1. The lowest BCUT2D eigenvalue weighted by atomic mass is 9.91. The molecule has 2 unspecified atom stereocenters. The molecule has 1 aromatic rings. The van der Waals surface area contributed by atoms with E-state index in [2.05, 4.69) is 22.6 Å². The summed E-state index contributed by atoms with van der Waals surface area (Å²) in [4.78, 5) is 11.6. The van der Waals surface area contributed by atoms with Crippen LogP contribution >= 0.6 is 22.6 Å². The molecule has 0 spiro atoms. The third kappa shape index (κ3) is 3.21. The van der Waals surface area contributed by atoms with Gasteiger partial charge in [0.1, 0.15) is 17.2 Å². The number of hydrogen-bond acceptors (Lipinski definition) is 3. The van der Waals surface area contributed by atoms with E-state index in [0.29, 0.717) is 22.8 Å². The molecule has 1 fully saturated rings. The maximum atomic E-state index is 14.1. The highest BCUT2D eigenvalue weighted by Gasteiger charge is 2.45. The van der Waals surface area contributed by atoms with Gasteiger partial charge >= 0.3 is 5.97 Å². The first-order valence-electron chi connectivity index (χ1n) is 6.70. The van der Waals surface area contributed by atoms with Crippen molar-refractivity contribution in [3.63, 3.8) is 0 Å². The van der Waals surface area contributed by atoms with E-state index >= 15 is 0 Å². The second-order valence-corrected chi connectivity index (χ2v) is 6.02. The van der Waals surface area contributed by atoms with Crippen LogP contribution in [0.2, 0.25) is 0 Å². The van der Waals surface area contributed by atoms with Crippen molar-refractivity contribution in [2.75, 3.05) is 11.5 Å². The van der Waals surface area contributed by atoms with Gasteiger partial charge in [0.2, 0.25) is 0 Å². The number of carbonyl (C=O) groups is 1. The van der Waals surface area contributed by atoms with Crippen LogP contribution in [0.15, 0.2) is 18.2 Å². The molecule has 21 heavy (non-hydrogen) atoms. The van der Waals surface area contributed by atoms with E-state index in [0.717, 1.165) is 6.07 Å². The Labute approximate surface area is 136 Å². The minimum Gasteiger partial charge on any atom is -0.469 e. The van der Waals surface area contributed by atoms with E-state index in [-0.39, 0.29) is 12.1 Å². The van der Waals surface area contributed by atoms with E-state index in [9.17, 15) is 13.6 Å². The topological polar surface area (TPSA) is 35.5 Å². The van der Waals surface area contributed by atoms with Gasteiger partial charge in [-0.2, -0.15) is 0 Å². The van der Waals surface area contributed by atoms with Gasteiger partial charge in [0.05, 0.1) is 19.1 Å². The molecule has 1 aliphatic heterocycles. The molecule has 116 valence electrons. The molecule has 3 nitrogen and oxygen atoms in total. The van der Waals surface area contributed by atoms with E-state index in [4.69, 9.17) is 9.47 Å². The normalized spacial score (nSPS) is 26.6. The number of benzene rings is 1. The van der Waals surface area contributed by atoms with Gasteiger partial charge in [-0.1, -0.05) is 28.7 Å².